The molecule has 4 heteroatoms. The fourth-order valence-corrected chi connectivity index (χ4v) is 2.98. The van der Waals surface area contributed by atoms with Crippen molar-refractivity contribution in [3.63, 3.8) is 0 Å². The van der Waals surface area contributed by atoms with Gasteiger partial charge >= 0.3 is 0 Å². The number of carbonyl (C=O) groups is 1. The minimum absolute atomic E-state index is 0.223. The lowest BCUT2D eigenvalue weighted by molar-refractivity contribution is -0.117. The van der Waals surface area contributed by atoms with Gasteiger partial charge in [-0.15, -0.1) is 0 Å². The number of rotatable bonds is 2. The normalized spacial score (nSPS) is 14.8. The van der Waals surface area contributed by atoms with Gasteiger partial charge in [-0.3, -0.25) is 4.79 Å². The van der Waals surface area contributed by atoms with Crippen LogP contribution >= 0.6 is 0 Å². The molecule has 0 aliphatic carbocycles. The van der Waals surface area contributed by atoms with E-state index >= 15 is 0 Å². The van der Waals surface area contributed by atoms with Crippen molar-refractivity contribution < 1.29 is 4.79 Å². The molecule has 3 rings (SSSR count). The van der Waals surface area contributed by atoms with E-state index in [2.05, 4.69) is 22.1 Å². The molecule has 1 aliphatic rings. The first-order valence-corrected chi connectivity index (χ1v) is 7.28. The van der Waals surface area contributed by atoms with Crippen molar-refractivity contribution in [2.45, 2.75) is 33.6 Å². The third-order valence-electron chi connectivity index (χ3n) is 3.89. The largest absolute Gasteiger partial charge is 0.312 e. The number of amides is 1. The summed E-state index contributed by atoms with van der Waals surface area (Å²) in [5.41, 5.74) is 5.21. The third kappa shape index (κ3) is 2.53. The third-order valence-corrected chi connectivity index (χ3v) is 3.89. The van der Waals surface area contributed by atoms with E-state index in [-0.39, 0.29) is 5.91 Å². The van der Waals surface area contributed by atoms with Crippen molar-refractivity contribution in [2.75, 3.05) is 11.4 Å². The van der Waals surface area contributed by atoms with Gasteiger partial charge in [0.15, 0.2) is 5.82 Å². The molecule has 0 radical (unpaired) electrons. The number of aryl methyl sites for hydroxylation is 3. The van der Waals surface area contributed by atoms with Crippen LogP contribution in [0.2, 0.25) is 0 Å². The van der Waals surface area contributed by atoms with Crippen LogP contribution in [0, 0.1) is 20.8 Å². The molecule has 1 aromatic heterocycles. The zero-order chi connectivity index (χ0) is 15.0. The minimum atomic E-state index is 0.223. The topological polar surface area (TPSA) is 46.1 Å². The van der Waals surface area contributed by atoms with E-state index in [0.717, 1.165) is 46.9 Å². The second-order valence-electron chi connectivity index (χ2n) is 5.63. The van der Waals surface area contributed by atoms with E-state index in [4.69, 9.17) is 0 Å². The van der Waals surface area contributed by atoms with Gasteiger partial charge in [0.1, 0.15) is 0 Å². The monoisotopic (exact) mass is 281 g/mol. The molecular weight excluding hydrogens is 262 g/mol. The first-order valence-electron chi connectivity index (χ1n) is 7.28. The molecule has 2 aromatic rings. The fourth-order valence-electron chi connectivity index (χ4n) is 2.98. The van der Waals surface area contributed by atoms with E-state index in [1.807, 2.05) is 31.7 Å². The summed E-state index contributed by atoms with van der Waals surface area (Å²) >= 11 is 0. The first-order chi connectivity index (χ1) is 10.1. The average molecular weight is 281 g/mol. The lowest BCUT2D eigenvalue weighted by Crippen LogP contribution is -2.25. The van der Waals surface area contributed by atoms with Crippen LogP contribution in [-0.2, 0) is 4.79 Å². The molecule has 0 unspecified atom stereocenters. The number of nitrogens with zero attached hydrogens (tertiary/aromatic N) is 3. The number of benzene rings is 1. The van der Waals surface area contributed by atoms with Gasteiger partial charge in [0, 0.05) is 36.1 Å². The van der Waals surface area contributed by atoms with Crippen molar-refractivity contribution in [1.82, 2.24) is 9.97 Å². The summed E-state index contributed by atoms with van der Waals surface area (Å²) in [6.45, 7) is 6.88. The number of aromatic nitrogens is 2. The van der Waals surface area contributed by atoms with Crippen LogP contribution in [-0.4, -0.2) is 22.4 Å². The quantitative estimate of drug-likeness (QED) is 0.849. The van der Waals surface area contributed by atoms with Gasteiger partial charge in [-0.05, 0) is 56.5 Å². The molecular formula is C17H19N3O. The summed E-state index contributed by atoms with van der Waals surface area (Å²) < 4.78 is 0. The molecule has 0 bridgehead atoms. The molecule has 0 spiro atoms. The molecule has 0 atom stereocenters. The van der Waals surface area contributed by atoms with E-state index < -0.39 is 0 Å². The number of hydrogen-bond donors (Lipinski definition) is 0. The summed E-state index contributed by atoms with van der Waals surface area (Å²) in [7, 11) is 0. The Labute approximate surface area is 124 Å². The molecule has 1 saturated heterocycles. The molecule has 1 fully saturated rings. The predicted octanol–water partition coefficient (Wildman–Crippen LogP) is 3.20. The molecule has 1 aromatic carbocycles. The summed E-state index contributed by atoms with van der Waals surface area (Å²) in [6, 6.07) is 6.03. The average Bonchev–Trinajstić information content (AvgIpc) is 2.84. The Kier molecular flexibility index (Phi) is 3.45. The number of anilines is 1. The highest BCUT2D eigenvalue weighted by Crippen LogP contribution is 2.32. The van der Waals surface area contributed by atoms with Gasteiger partial charge in [-0.25, -0.2) is 9.97 Å². The molecule has 2 heterocycles. The molecule has 1 amide bonds. The zero-order valence-electron chi connectivity index (χ0n) is 12.7. The molecule has 4 nitrogen and oxygen atoms in total. The van der Waals surface area contributed by atoms with Gasteiger partial charge in [-0.2, -0.15) is 0 Å². The summed E-state index contributed by atoms with van der Waals surface area (Å²) in [6.07, 6.45) is 3.38. The van der Waals surface area contributed by atoms with Crippen LogP contribution in [0.5, 0.6) is 0 Å². The Bertz CT molecular complexity index is 686. The lowest BCUT2D eigenvalue weighted by Gasteiger charge is -2.21. The Hall–Kier alpha value is -2.23. The number of hydrogen-bond acceptors (Lipinski definition) is 3. The predicted molar refractivity (Wildman–Crippen MR) is 83.3 cm³/mol. The maximum Gasteiger partial charge on any atom is 0.227 e. The summed E-state index contributed by atoms with van der Waals surface area (Å²) in [4.78, 5) is 22.7. The molecule has 1 aliphatic heterocycles. The summed E-state index contributed by atoms with van der Waals surface area (Å²) in [5.74, 6) is 0.959. The second-order valence-corrected chi connectivity index (χ2v) is 5.63. The van der Waals surface area contributed by atoms with Crippen molar-refractivity contribution in [3.05, 3.63) is 41.2 Å². The highest BCUT2D eigenvalue weighted by atomic mass is 16.2. The Morgan fingerprint density at radius 3 is 2.43 bits per heavy atom. The number of carbonyl (C=O) groups excluding carboxylic acids is 1. The maximum absolute atomic E-state index is 12.0. The van der Waals surface area contributed by atoms with E-state index in [1.54, 1.807) is 6.20 Å². The van der Waals surface area contributed by atoms with Crippen molar-refractivity contribution in [2.24, 2.45) is 0 Å². The second kappa shape index (κ2) is 5.28. The minimum Gasteiger partial charge on any atom is -0.312 e. The van der Waals surface area contributed by atoms with Crippen molar-refractivity contribution in [3.8, 4) is 11.4 Å². The van der Waals surface area contributed by atoms with Crippen LogP contribution < -0.4 is 4.90 Å². The van der Waals surface area contributed by atoms with Crippen LogP contribution in [0.25, 0.3) is 11.4 Å². The Balaban J connectivity index is 2.06. The van der Waals surface area contributed by atoms with E-state index in [1.165, 1.54) is 0 Å². The Morgan fingerprint density at radius 2 is 1.86 bits per heavy atom. The fraction of sp³-hybridized carbons (Fsp3) is 0.353. The molecule has 108 valence electrons. The van der Waals surface area contributed by atoms with Gasteiger partial charge < -0.3 is 4.90 Å². The lowest BCUT2D eigenvalue weighted by atomic mass is 10.0. The maximum atomic E-state index is 12.0. The van der Waals surface area contributed by atoms with Crippen LogP contribution in [0.1, 0.15) is 29.7 Å². The molecule has 0 N–H and O–H groups in total. The highest BCUT2D eigenvalue weighted by Gasteiger charge is 2.24. The standard InChI is InChI=1S/C17H19N3O/c1-11-9-14(17-18-7-6-13(3)19-17)10-12(2)16(11)20-8-4-5-15(20)21/h6-7,9-10H,4-5,8H2,1-3H3. The van der Waals surface area contributed by atoms with Crippen LogP contribution in [0.15, 0.2) is 24.4 Å². The summed E-state index contributed by atoms with van der Waals surface area (Å²) in [5, 5.41) is 0. The van der Waals surface area contributed by atoms with Crippen molar-refractivity contribution >= 4 is 11.6 Å². The van der Waals surface area contributed by atoms with Crippen LogP contribution in [0.3, 0.4) is 0 Å². The van der Waals surface area contributed by atoms with Gasteiger partial charge in [-0.1, -0.05) is 0 Å². The van der Waals surface area contributed by atoms with E-state index in [9.17, 15) is 4.79 Å². The van der Waals surface area contributed by atoms with Gasteiger partial charge in [0.2, 0.25) is 5.91 Å². The molecule has 0 saturated carbocycles. The Morgan fingerprint density at radius 1 is 1.14 bits per heavy atom. The highest BCUT2D eigenvalue weighted by molar-refractivity contribution is 5.97. The molecule has 21 heavy (non-hydrogen) atoms. The SMILES string of the molecule is Cc1ccnc(-c2cc(C)c(N3CCCC3=O)c(C)c2)n1. The first kappa shape index (κ1) is 13.7. The van der Waals surface area contributed by atoms with Crippen molar-refractivity contribution in [1.29, 1.82) is 0 Å². The van der Waals surface area contributed by atoms with E-state index in [0.29, 0.717) is 6.42 Å². The van der Waals surface area contributed by atoms with Crippen LogP contribution in [0.4, 0.5) is 5.69 Å². The smallest absolute Gasteiger partial charge is 0.227 e. The van der Waals surface area contributed by atoms with Gasteiger partial charge in [0.25, 0.3) is 0 Å². The van der Waals surface area contributed by atoms with Gasteiger partial charge in [0.05, 0.1) is 0 Å². The zero-order valence-corrected chi connectivity index (χ0v) is 12.7.